The molecule has 0 radical (unpaired) electrons. The van der Waals surface area contributed by atoms with Crippen LogP contribution < -0.4 is 19.2 Å². The summed E-state index contributed by atoms with van der Waals surface area (Å²) in [5.74, 6) is 0.545. The van der Waals surface area contributed by atoms with Crippen molar-refractivity contribution in [3.05, 3.63) is 52.5 Å². The van der Waals surface area contributed by atoms with Crippen LogP contribution in [0, 0.1) is 6.92 Å². The second-order valence-electron chi connectivity index (χ2n) is 6.37. The van der Waals surface area contributed by atoms with Crippen LogP contribution in [0.1, 0.15) is 11.1 Å². The van der Waals surface area contributed by atoms with Crippen LogP contribution in [0.3, 0.4) is 0 Å². The minimum absolute atomic E-state index is 0.335. The Morgan fingerprint density at radius 2 is 2.03 bits per heavy atom. The third-order valence-corrected chi connectivity index (χ3v) is 5.48. The monoisotopic (exact) mass is 437 g/mol. The van der Waals surface area contributed by atoms with Crippen molar-refractivity contribution in [3.8, 4) is 11.5 Å². The summed E-state index contributed by atoms with van der Waals surface area (Å²) in [4.78, 5) is 12.3. The van der Waals surface area contributed by atoms with Crippen molar-refractivity contribution in [2.75, 3.05) is 30.3 Å². The Balaban J connectivity index is 1.73. The Hall–Kier alpha value is -2.78. The zero-order chi connectivity index (χ0) is 21.0. The summed E-state index contributed by atoms with van der Waals surface area (Å²) in [7, 11) is -3.72. The molecule has 1 aliphatic heterocycles. The quantitative estimate of drug-likeness (QED) is 0.552. The fraction of sp³-hybridized carbons (Fsp3) is 0.263. The van der Waals surface area contributed by atoms with Gasteiger partial charge in [0, 0.05) is 10.6 Å². The Morgan fingerprint density at radius 1 is 1.28 bits per heavy atom. The number of halogens is 1. The maximum atomic E-state index is 12.3. The van der Waals surface area contributed by atoms with Crippen molar-refractivity contribution < 1.29 is 22.7 Å². The molecule has 1 amide bonds. The number of fused-ring (bicyclic) bond motifs is 1. The van der Waals surface area contributed by atoms with E-state index in [0.29, 0.717) is 46.5 Å². The fourth-order valence-electron chi connectivity index (χ4n) is 2.77. The molecule has 0 aliphatic carbocycles. The number of nitrogens with zero attached hydrogens (tertiary/aromatic N) is 2. The lowest BCUT2D eigenvalue weighted by Gasteiger charge is -2.23. The normalized spacial score (nSPS) is 13.3. The maximum Gasteiger partial charge on any atom is 0.260 e. The van der Waals surface area contributed by atoms with Crippen molar-refractivity contribution in [1.82, 2.24) is 5.43 Å². The van der Waals surface area contributed by atoms with E-state index in [1.165, 1.54) is 12.3 Å². The van der Waals surface area contributed by atoms with Gasteiger partial charge in [0.05, 0.1) is 18.2 Å². The van der Waals surface area contributed by atoms with Gasteiger partial charge in [-0.2, -0.15) is 5.10 Å². The van der Waals surface area contributed by atoms with E-state index in [0.717, 1.165) is 10.6 Å². The van der Waals surface area contributed by atoms with Crippen LogP contribution in [0.5, 0.6) is 11.5 Å². The van der Waals surface area contributed by atoms with Gasteiger partial charge in [-0.15, -0.1) is 0 Å². The number of hydrogen-bond donors (Lipinski definition) is 1. The number of para-hydroxylation sites is 1. The molecule has 0 fully saturated rings. The van der Waals surface area contributed by atoms with Crippen molar-refractivity contribution in [2.45, 2.75) is 6.92 Å². The first kappa shape index (κ1) is 20.9. The minimum atomic E-state index is -3.72. The Kier molecular flexibility index (Phi) is 6.29. The number of sulfonamides is 1. The molecule has 1 heterocycles. The highest BCUT2D eigenvalue weighted by molar-refractivity contribution is 7.92. The molecule has 0 aromatic heterocycles. The van der Waals surface area contributed by atoms with Gasteiger partial charge in [-0.25, -0.2) is 13.8 Å². The summed E-state index contributed by atoms with van der Waals surface area (Å²) in [5, 5.41) is 4.28. The number of aryl methyl sites for hydroxylation is 1. The summed E-state index contributed by atoms with van der Waals surface area (Å²) in [5.41, 5.74) is 3.98. The third kappa shape index (κ3) is 5.18. The van der Waals surface area contributed by atoms with Crippen LogP contribution in [0.15, 0.2) is 41.5 Å². The van der Waals surface area contributed by atoms with E-state index >= 15 is 0 Å². The number of carbonyl (C=O) groups is 1. The van der Waals surface area contributed by atoms with Crippen LogP contribution in [0.2, 0.25) is 5.02 Å². The highest BCUT2D eigenvalue weighted by Crippen LogP contribution is 2.32. The largest absolute Gasteiger partial charge is 0.486 e. The second-order valence-corrected chi connectivity index (χ2v) is 8.71. The number of carbonyl (C=O) groups excluding carboxylic acids is 1. The summed E-state index contributed by atoms with van der Waals surface area (Å²) in [6.45, 7) is 2.19. The van der Waals surface area contributed by atoms with Crippen LogP contribution in [-0.4, -0.2) is 46.6 Å². The first-order valence-corrected chi connectivity index (χ1v) is 10.9. The summed E-state index contributed by atoms with van der Waals surface area (Å²) < 4.78 is 36.5. The van der Waals surface area contributed by atoms with Gasteiger partial charge in [0.15, 0.2) is 11.5 Å². The Labute approximate surface area is 174 Å². The Bertz CT molecular complexity index is 1060. The van der Waals surface area contributed by atoms with Gasteiger partial charge in [0.1, 0.15) is 19.8 Å². The number of ether oxygens (including phenoxy) is 2. The zero-order valence-corrected chi connectivity index (χ0v) is 17.5. The van der Waals surface area contributed by atoms with Gasteiger partial charge in [0.2, 0.25) is 10.0 Å². The number of rotatable bonds is 6. The summed E-state index contributed by atoms with van der Waals surface area (Å²) in [6.07, 6.45) is 2.44. The predicted molar refractivity (Wildman–Crippen MR) is 112 cm³/mol. The van der Waals surface area contributed by atoms with Crippen LogP contribution in [0.25, 0.3) is 0 Å². The Morgan fingerprint density at radius 3 is 2.79 bits per heavy atom. The van der Waals surface area contributed by atoms with E-state index in [1.807, 2.05) is 0 Å². The first-order chi connectivity index (χ1) is 13.8. The molecule has 0 atom stereocenters. The van der Waals surface area contributed by atoms with Crippen molar-refractivity contribution in [3.63, 3.8) is 0 Å². The molecule has 29 heavy (non-hydrogen) atoms. The summed E-state index contributed by atoms with van der Waals surface area (Å²) >= 11 is 5.99. The van der Waals surface area contributed by atoms with Gasteiger partial charge < -0.3 is 9.47 Å². The minimum Gasteiger partial charge on any atom is -0.486 e. The van der Waals surface area contributed by atoms with E-state index in [-0.39, 0.29) is 0 Å². The molecule has 0 saturated heterocycles. The molecule has 2 aromatic rings. The standard InChI is InChI=1S/C19H20ClN3O5S/c1-13-6-7-15(20)10-16(13)23(29(2,25)26)12-18(24)22-21-11-14-4-3-5-17-19(14)28-9-8-27-17/h3-7,10-11H,8-9,12H2,1-2H3,(H,22,24)/b21-11-. The van der Waals surface area contributed by atoms with Gasteiger partial charge in [-0.3, -0.25) is 9.10 Å². The highest BCUT2D eigenvalue weighted by Gasteiger charge is 2.22. The topological polar surface area (TPSA) is 97.3 Å². The number of amides is 1. The average Bonchev–Trinajstić information content (AvgIpc) is 2.67. The van der Waals surface area contributed by atoms with E-state index in [2.05, 4.69) is 10.5 Å². The van der Waals surface area contributed by atoms with Gasteiger partial charge in [-0.05, 0) is 36.8 Å². The molecular weight excluding hydrogens is 418 g/mol. The van der Waals surface area contributed by atoms with E-state index in [9.17, 15) is 13.2 Å². The molecule has 1 N–H and O–H groups in total. The number of hydrazone groups is 1. The van der Waals surface area contributed by atoms with Crippen LogP contribution in [-0.2, 0) is 14.8 Å². The summed E-state index contributed by atoms with van der Waals surface area (Å²) in [6, 6.07) is 10.2. The van der Waals surface area contributed by atoms with Crippen molar-refractivity contribution in [2.24, 2.45) is 5.10 Å². The lowest BCUT2D eigenvalue weighted by atomic mass is 10.2. The number of benzene rings is 2. The second kappa shape index (κ2) is 8.71. The molecule has 2 aromatic carbocycles. The molecule has 154 valence electrons. The average molecular weight is 438 g/mol. The van der Waals surface area contributed by atoms with E-state index < -0.39 is 22.5 Å². The predicted octanol–water partition coefficient (Wildman–Crippen LogP) is 2.34. The first-order valence-electron chi connectivity index (χ1n) is 8.70. The number of nitrogens with one attached hydrogen (secondary N) is 1. The lowest BCUT2D eigenvalue weighted by molar-refractivity contribution is -0.119. The molecule has 1 aliphatic rings. The lowest BCUT2D eigenvalue weighted by Crippen LogP contribution is -2.39. The van der Waals surface area contributed by atoms with Gasteiger partial charge in [0.25, 0.3) is 5.91 Å². The molecule has 10 heteroatoms. The SMILES string of the molecule is Cc1ccc(Cl)cc1N(CC(=O)N/N=C\c1cccc2c1OCCO2)S(C)(=O)=O. The molecular formula is C19H20ClN3O5S. The third-order valence-electron chi connectivity index (χ3n) is 4.12. The van der Waals surface area contributed by atoms with Crippen molar-refractivity contribution in [1.29, 1.82) is 0 Å². The van der Waals surface area contributed by atoms with E-state index in [1.54, 1.807) is 37.3 Å². The molecule has 0 bridgehead atoms. The number of hydrogen-bond acceptors (Lipinski definition) is 6. The molecule has 0 saturated carbocycles. The fourth-order valence-corrected chi connectivity index (χ4v) is 3.84. The zero-order valence-electron chi connectivity index (χ0n) is 15.9. The molecule has 0 unspecified atom stereocenters. The molecule has 8 nitrogen and oxygen atoms in total. The molecule has 3 rings (SSSR count). The van der Waals surface area contributed by atoms with Crippen LogP contribution in [0.4, 0.5) is 5.69 Å². The van der Waals surface area contributed by atoms with Gasteiger partial charge in [-0.1, -0.05) is 23.7 Å². The van der Waals surface area contributed by atoms with Gasteiger partial charge >= 0.3 is 0 Å². The van der Waals surface area contributed by atoms with Crippen molar-refractivity contribution >= 4 is 39.4 Å². The molecule has 0 spiro atoms. The number of anilines is 1. The smallest absolute Gasteiger partial charge is 0.260 e. The highest BCUT2D eigenvalue weighted by atomic mass is 35.5. The maximum absolute atomic E-state index is 12.3. The van der Waals surface area contributed by atoms with E-state index in [4.69, 9.17) is 21.1 Å². The van der Waals surface area contributed by atoms with Crippen LogP contribution >= 0.6 is 11.6 Å².